The number of amidine groups is 1. The predicted octanol–water partition coefficient (Wildman–Crippen LogP) is 3.38. The molecule has 0 radical (unpaired) electrons. The topological polar surface area (TPSA) is 64.7 Å². The van der Waals surface area contributed by atoms with E-state index in [1.54, 1.807) is 13.8 Å². The molecule has 0 saturated heterocycles. The number of alkyl halides is 1. The van der Waals surface area contributed by atoms with Crippen LogP contribution in [-0.2, 0) is 15.1 Å². The summed E-state index contributed by atoms with van der Waals surface area (Å²) in [5.74, 6) is -1.84. The summed E-state index contributed by atoms with van der Waals surface area (Å²) in [7, 11) is 1.25. The monoisotopic (exact) mass is 406 g/mol. The second-order valence-corrected chi connectivity index (χ2v) is 7.94. The van der Waals surface area contributed by atoms with E-state index in [0.717, 1.165) is 11.8 Å². The fourth-order valence-electron chi connectivity index (χ4n) is 2.84. The zero-order valence-corrected chi connectivity index (χ0v) is 15.3. The Labute approximate surface area is 146 Å². The lowest BCUT2D eigenvalue weighted by Gasteiger charge is -2.46. The standard InChI is InChI=1S/C15H17BrF2N2O2S/c1-8-14(2,12(21)22-3)23-13(19)20-15(8,7-17)10-6-9(16)4-5-11(10)18/h4-6,8H,7H2,1-3H3,(H2,19,20)/t8-,14+,15+/m1/s1. The average Bonchev–Trinajstić information content (AvgIpc) is 2.52. The number of thioether (sulfide) groups is 1. The molecule has 1 heterocycles. The van der Waals surface area contributed by atoms with Crippen molar-refractivity contribution in [3.8, 4) is 0 Å². The highest BCUT2D eigenvalue weighted by Gasteiger charge is 2.57. The second kappa shape index (κ2) is 6.39. The number of esters is 1. The van der Waals surface area contributed by atoms with Gasteiger partial charge in [-0.3, -0.25) is 4.79 Å². The minimum atomic E-state index is -1.59. The van der Waals surface area contributed by atoms with E-state index in [1.165, 1.54) is 25.3 Å². The molecule has 0 spiro atoms. The van der Waals surface area contributed by atoms with E-state index in [4.69, 9.17) is 10.5 Å². The van der Waals surface area contributed by atoms with Crippen molar-refractivity contribution in [2.45, 2.75) is 24.1 Å². The molecule has 2 N–H and O–H groups in total. The minimum Gasteiger partial charge on any atom is -0.468 e. The van der Waals surface area contributed by atoms with E-state index < -0.39 is 34.7 Å². The molecule has 0 bridgehead atoms. The van der Waals surface area contributed by atoms with Gasteiger partial charge in [0.1, 0.15) is 22.8 Å². The summed E-state index contributed by atoms with van der Waals surface area (Å²) in [6.07, 6.45) is 0. The Morgan fingerprint density at radius 2 is 2.22 bits per heavy atom. The van der Waals surface area contributed by atoms with Crippen LogP contribution < -0.4 is 5.73 Å². The van der Waals surface area contributed by atoms with Crippen molar-refractivity contribution in [2.24, 2.45) is 16.6 Å². The van der Waals surface area contributed by atoms with Crippen LogP contribution in [0.3, 0.4) is 0 Å². The first-order valence-corrected chi connectivity index (χ1v) is 8.46. The van der Waals surface area contributed by atoms with E-state index >= 15 is 0 Å². The smallest absolute Gasteiger partial charge is 0.322 e. The number of nitrogens with zero attached hydrogens (tertiary/aromatic N) is 1. The maximum Gasteiger partial charge on any atom is 0.322 e. The molecule has 1 aliphatic heterocycles. The molecule has 1 aliphatic rings. The molecule has 0 aromatic heterocycles. The average molecular weight is 407 g/mol. The highest BCUT2D eigenvalue weighted by atomic mass is 79.9. The number of carbonyl (C=O) groups excluding carboxylic acids is 1. The Balaban J connectivity index is 2.71. The van der Waals surface area contributed by atoms with Crippen molar-refractivity contribution < 1.29 is 18.3 Å². The lowest BCUT2D eigenvalue weighted by atomic mass is 9.73. The molecule has 0 saturated carbocycles. The molecular weight excluding hydrogens is 390 g/mol. The summed E-state index contributed by atoms with van der Waals surface area (Å²) >= 11 is 4.26. The fraction of sp³-hybridized carbons (Fsp3) is 0.467. The number of ether oxygens (including phenoxy) is 1. The summed E-state index contributed by atoms with van der Waals surface area (Å²) in [6.45, 7) is 2.27. The molecule has 3 atom stereocenters. The SMILES string of the molecule is COC(=O)[C@@]1(C)SC(N)=N[C@](CF)(c2cc(Br)ccc2F)[C@@H]1C. The van der Waals surface area contributed by atoms with Gasteiger partial charge in [0, 0.05) is 16.0 Å². The van der Waals surface area contributed by atoms with Crippen molar-refractivity contribution in [3.05, 3.63) is 34.1 Å². The largest absolute Gasteiger partial charge is 0.468 e. The van der Waals surface area contributed by atoms with Crippen LogP contribution in [0.5, 0.6) is 0 Å². The van der Waals surface area contributed by atoms with Gasteiger partial charge >= 0.3 is 5.97 Å². The second-order valence-electron chi connectivity index (χ2n) is 5.55. The number of rotatable bonds is 3. The fourth-order valence-corrected chi connectivity index (χ4v) is 4.38. The number of hydrogen-bond acceptors (Lipinski definition) is 5. The van der Waals surface area contributed by atoms with Crippen molar-refractivity contribution >= 4 is 38.8 Å². The molecule has 2 rings (SSSR count). The molecule has 23 heavy (non-hydrogen) atoms. The molecule has 126 valence electrons. The van der Waals surface area contributed by atoms with Gasteiger partial charge in [-0.05, 0) is 25.1 Å². The van der Waals surface area contributed by atoms with Crippen LogP contribution in [-0.4, -0.2) is 29.7 Å². The zero-order chi connectivity index (χ0) is 17.4. The number of benzene rings is 1. The number of carbonyl (C=O) groups is 1. The predicted molar refractivity (Wildman–Crippen MR) is 90.6 cm³/mol. The number of nitrogens with two attached hydrogens (primary N) is 1. The Morgan fingerprint density at radius 1 is 1.57 bits per heavy atom. The Hall–Kier alpha value is -1.15. The molecule has 0 fully saturated rings. The van der Waals surface area contributed by atoms with E-state index in [1.807, 2.05) is 0 Å². The highest BCUT2D eigenvalue weighted by molar-refractivity contribution is 9.10. The Bertz CT molecular complexity index is 673. The van der Waals surface area contributed by atoms with Crippen molar-refractivity contribution in [3.63, 3.8) is 0 Å². The minimum absolute atomic E-state index is 0.0213. The molecule has 8 heteroatoms. The van der Waals surface area contributed by atoms with Crippen LogP contribution in [0.25, 0.3) is 0 Å². The lowest BCUT2D eigenvalue weighted by Crippen LogP contribution is -2.55. The number of hydrogen-bond donors (Lipinski definition) is 1. The van der Waals surface area contributed by atoms with Gasteiger partial charge in [-0.15, -0.1) is 0 Å². The molecular formula is C15H17BrF2N2O2S. The van der Waals surface area contributed by atoms with Gasteiger partial charge in [-0.25, -0.2) is 13.8 Å². The maximum atomic E-state index is 14.4. The summed E-state index contributed by atoms with van der Waals surface area (Å²) < 4.78 is 32.8. The molecule has 1 aromatic rings. The van der Waals surface area contributed by atoms with Crippen LogP contribution in [0.1, 0.15) is 19.4 Å². The number of aliphatic imine (C=N–C) groups is 1. The van der Waals surface area contributed by atoms with Gasteiger partial charge in [0.25, 0.3) is 0 Å². The molecule has 0 unspecified atom stereocenters. The Morgan fingerprint density at radius 3 is 2.78 bits per heavy atom. The van der Waals surface area contributed by atoms with Gasteiger partial charge in [-0.1, -0.05) is 34.6 Å². The van der Waals surface area contributed by atoms with Crippen LogP contribution in [0.15, 0.2) is 27.7 Å². The number of halogens is 3. The van der Waals surface area contributed by atoms with Crippen LogP contribution in [0, 0.1) is 11.7 Å². The third-order valence-electron chi connectivity index (χ3n) is 4.36. The molecule has 0 amide bonds. The third kappa shape index (κ3) is 2.87. The van der Waals surface area contributed by atoms with E-state index in [-0.39, 0.29) is 10.7 Å². The van der Waals surface area contributed by atoms with Crippen LogP contribution in [0.4, 0.5) is 8.78 Å². The summed E-state index contributed by atoms with van der Waals surface area (Å²) in [5.41, 5.74) is 4.31. The van der Waals surface area contributed by atoms with Gasteiger partial charge in [0.05, 0.1) is 7.11 Å². The van der Waals surface area contributed by atoms with Crippen molar-refractivity contribution in [2.75, 3.05) is 13.8 Å². The van der Waals surface area contributed by atoms with Gasteiger partial charge in [0.2, 0.25) is 0 Å². The molecule has 0 aliphatic carbocycles. The molecule has 1 aromatic carbocycles. The first kappa shape index (κ1) is 18.2. The normalized spacial score (nSPS) is 30.7. The van der Waals surface area contributed by atoms with Crippen LogP contribution in [0.2, 0.25) is 0 Å². The molecule has 4 nitrogen and oxygen atoms in total. The Kier molecular flexibility index (Phi) is 5.06. The van der Waals surface area contributed by atoms with Gasteiger partial charge < -0.3 is 10.5 Å². The first-order valence-electron chi connectivity index (χ1n) is 6.85. The first-order chi connectivity index (χ1) is 10.7. The summed E-state index contributed by atoms with van der Waals surface area (Å²) in [6, 6.07) is 4.21. The maximum absolute atomic E-state index is 14.4. The van der Waals surface area contributed by atoms with E-state index in [0.29, 0.717) is 4.47 Å². The highest BCUT2D eigenvalue weighted by Crippen LogP contribution is 2.51. The summed E-state index contributed by atoms with van der Waals surface area (Å²) in [4.78, 5) is 16.5. The van der Waals surface area contributed by atoms with Crippen molar-refractivity contribution in [1.82, 2.24) is 0 Å². The third-order valence-corrected chi connectivity index (χ3v) is 6.10. The summed E-state index contributed by atoms with van der Waals surface area (Å²) in [5, 5.41) is 0.0213. The zero-order valence-electron chi connectivity index (χ0n) is 12.9. The van der Waals surface area contributed by atoms with Crippen molar-refractivity contribution in [1.29, 1.82) is 0 Å². The van der Waals surface area contributed by atoms with Gasteiger partial charge in [-0.2, -0.15) is 0 Å². The van der Waals surface area contributed by atoms with E-state index in [9.17, 15) is 13.6 Å². The van der Waals surface area contributed by atoms with Gasteiger partial charge in [0.15, 0.2) is 5.17 Å². The van der Waals surface area contributed by atoms with Crippen LogP contribution >= 0.6 is 27.7 Å². The van der Waals surface area contributed by atoms with E-state index in [2.05, 4.69) is 20.9 Å². The lowest BCUT2D eigenvalue weighted by molar-refractivity contribution is -0.145. The quantitative estimate of drug-likeness (QED) is 0.781. The number of methoxy groups -OCH3 is 1.